The van der Waals surface area contributed by atoms with Crippen molar-refractivity contribution < 1.29 is 32.6 Å². The highest BCUT2D eigenvalue weighted by molar-refractivity contribution is 5.91. The number of alkyl halides is 3. The van der Waals surface area contributed by atoms with Gasteiger partial charge in [0.25, 0.3) is 0 Å². The van der Waals surface area contributed by atoms with Crippen LogP contribution in [0.25, 0.3) is 22.0 Å². The van der Waals surface area contributed by atoms with Gasteiger partial charge in [0.1, 0.15) is 12.4 Å². The Labute approximate surface area is 240 Å². The topological polar surface area (TPSA) is 73.1 Å². The molecular formula is C33H27F3N2O4. The van der Waals surface area contributed by atoms with E-state index in [0.29, 0.717) is 29.8 Å². The van der Waals surface area contributed by atoms with Crippen molar-refractivity contribution in [3.63, 3.8) is 0 Å². The summed E-state index contributed by atoms with van der Waals surface area (Å²) < 4.78 is 47.0. The number of rotatable bonds is 11. The van der Waals surface area contributed by atoms with Crippen molar-refractivity contribution in [2.75, 3.05) is 13.2 Å². The Balaban J connectivity index is 1.21. The molecule has 0 aliphatic heterocycles. The van der Waals surface area contributed by atoms with Crippen LogP contribution in [0, 0.1) is 0 Å². The zero-order valence-electron chi connectivity index (χ0n) is 22.4. The van der Waals surface area contributed by atoms with Crippen molar-refractivity contribution in [2.45, 2.75) is 19.1 Å². The van der Waals surface area contributed by atoms with Gasteiger partial charge in [-0.1, -0.05) is 65.8 Å². The summed E-state index contributed by atoms with van der Waals surface area (Å²) in [5, 5.41) is 14.6. The molecule has 0 amide bonds. The Hall–Kier alpha value is -5.05. The number of hydrogen-bond acceptors (Lipinski definition) is 4. The van der Waals surface area contributed by atoms with Crippen molar-refractivity contribution in [3.8, 4) is 16.9 Å². The van der Waals surface area contributed by atoms with E-state index in [1.165, 1.54) is 35.9 Å². The molecule has 42 heavy (non-hydrogen) atoms. The van der Waals surface area contributed by atoms with E-state index in [9.17, 15) is 23.1 Å². The van der Waals surface area contributed by atoms with Crippen LogP contribution in [0.2, 0.25) is 0 Å². The third kappa shape index (κ3) is 6.80. The van der Waals surface area contributed by atoms with E-state index in [-0.39, 0.29) is 18.8 Å². The molecule has 1 N–H and O–H groups in total. The van der Waals surface area contributed by atoms with Crippen LogP contribution < -0.4 is 4.74 Å². The first-order chi connectivity index (χ1) is 20.3. The maximum Gasteiger partial charge on any atom is 0.416 e. The van der Waals surface area contributed by atoms with Crippen molar-refractivity contribution in [3.05, 3.63) is 126 Å². The van der Waals surface area contributed by atoms with E-state index in [0.717, 1.165) is 28.7 Å². The summed E-state index contributed by atoms with van der Waals surface area (Å²) in [6.45, 7) is 1.17. The van der Waals surface area contributed by atoms with E-state index in [4.69, 9.17) is 9.57 Å². The van der Waals surface area contributed by atoms with Crippen LogP contribution in [0.5, 0.6) is 5.75 Å². The van der Waals surface area contributed by atoms with Gasteiger partial charge in [-0.25, -0.2) is 4.79 Å². The van der Waals surface area contributed by atoms with E-state index in [1.54, 1.807) is 6.21 Å². The van der Waals surface area contributed by atoms with Gasteiger partial charge in [-0.15, -0.1) is 0 Å². The minimum absolute atomic E-state index is 0.000375. The predicted molar refractivity (Wildman–Crippen MR) is 155 cm³/mol. The predicted octanol–water partition coefficient (Wildman–Crippen LogP) is 7.89. The Morgan fingerprint density at radius 1 is 0.881 bits per heavy atom. The van der Waals surface area contributed by atoms with Crippen molar-refractivity contribution >= 4 is 23.1 Å². The fourth-order valence-corrected chi connectivity index (χ4v) is 4.58. The molecule has 5 aromatic rings. The van der Waals surface area contributed by atoms with Gasteiger partial charge in [0, 0.05) is 29.4 Å². The van der Waals surface area contributed by atoms with Crippen molar-refractivity contribution in [1.82, 2.24) is 4.57 Å². The molecule has 0 saturated carbocycles. The normalized spacial score (nSPS) is 11.7. The molecule has 0 spiro atoms. The van der Waals surface area contributed by atoms with Crippen molar-refractivity contribution in [2.24, 2.45) is 5.16 Å². The van der Waals surface area contributed by atoms with E-state index in [2.05, 4.69) is 34.0 Å². The van der Waals surface area contributed by atoms with Crippen molar-refractivity contribution in [1.29, 1.82) is 0 Å². The number of halogens is 3. The molecule has 0 aliphatic carbocycles. The van der Waals surface area contributed by atoms with Crippen LogP contribution in [-0.4, -0.2) is 35.1 Å². The minimum Gasteiger partial charge on any atom is -0.493 e. The lowest BCUT2D eigenvalue weighted by Crippen LogP contribution is -2.06. The number of fused-ring (bicyclic) bond motifs is 1. The molecule has 9 heteroatoms. The van der Waals surface area contributed by atoms with Crippen LogP contribution in [-0.2, 0) is 17.6 Å². The lowest BCUT2D eigenvalue weighted by Gasteiger charge is -2.14. The average molecular weight is 573 g/mol. The molecule has 214 valence electrons. The molecule has 0 unspecified atom stereocenters. The number of aromatic carboxylic acids is 1. The summed E-state index contributed by atoms with van der Waals surface area (Å²) in [6, 6.07) is 29.1. The van der Waals surface area contributed by atoms with Gasteiger partial charge < -0.3 is 19.2 Å². The number of carbonyl (C=O) groups is 1. The Bertz CT molecular complexity index is 1690. The summed E-state index contributed by atoms with van der Waals surface area (Å²) in [5.74, 6) is -0.794. The first kappa shape index (κ1) is 28.5. The fraction of sp³-hybridized carbons (Fsp3) is 0.152. The van der Waals surface area contributed by atoms with Gasteiger partial charge in [-0.2, -0.15) is 13.2 Å². The first-order valence-corrected chi connectivity index (χ1v) is 13.2. The molecule has 4 aromatic carbocycles. The molecule has 6 nitrogen and oxygen atoms in total. The number of benzene rings is 4. The summed E-state index contributed by atoms with van der Waals surface area (Å²) in [5.41, 5.74) is 3.16. The SMILES string of the molecule is O=C(O)c1ccc(OCCCO/N=C\c2cc3ccccc3n2Cc2ccccc2)c(-c2ccc(C(F)(F)F)cc2)c1. The van der Waals surface area contributed by atoms with E-state index < -0.39 is 17.7 Å². The third-order valence-corrected chi connectivity index (χ3v) is 6.67. The van der Waals surface area contributed by atoms with Crippen LogP contribution in [0.1, 0.15) is 33.6 Å². The number of ether oxygens (including phenoxy) is 1. The maximum atomic E-state index is 13.0. The maximum absolute atomic E-state index is 13.0. The van der Waals surface area contributed by atoms with Crippen LogP contribution >= 0.6 is 0 Å². The fourth-order valence-electron chi connectivity index (χ4n) is 4.58. The zero-order chi connectivity index (χ0) is 29.5. The number of carboxylic acid groups (broad SMARTS) is 1. The van der Waals surface area contributed by atoms with Gasteiger partial charge in [0.2, 0.25) is 0 Å². The summed E-state index contributed by atoms with van der Waals surface area (Å²) in [6.07, 6.45) is -2.32. The number of para-hydroxylation sites is 1. The number of nitrogens with zero attached hydrogens (tertiary/aromatic N) is 2. The van der Waals surface area contributed by atoms with Crippen LogP contribution in [0.4, 0.5) is 13.2 Å². The molecule has 0 aliphatic rings. The van der Waals surface area contributed by atoms with Gasteiger partial charge in [0.05, 0.1) is 29.6 Å². The van der Waals surface area contributed by atoms with Gasteiger partial charge in [0.15, 0.2) is 0 Å². The smallest absolute Gasteiger partial charge is 0.416 e. The lowest BCUT2D eigenvalue weighted by molar-refractivity contribution is -0.137. The highest BCUT2D eigenvalue weighted by Crippen LogP contribution is 2.35. The van der Waals surface area contributed by atoms with Gasteiger partial charge >= 0.3 is 12.1 Å². The second-order valence-corrected chi connectivity index (χ2v) is 9.56. The highest BCUT2D eigenvalue weighted by atomic mass is 19.4. The van der Waals surface area contributed by atoms with E-state index in [1.807, 2.05) is 36.4 Å². The molecule has 1 aromatic heterocycles. The molecule has 0 saturated heterocycles. The standard InChI is InChI=1S/C33H27F3N2O4/c34-33(35,36)27-14-11-24(12-15-27)29-20-26(32(39)40)13-16-31(29)41-17-6-18-42-37-21-28-19-25-9-4-5-10-30(25)38(28)22-23-7-2-1-3-8-23/h1-5,7-16,19-21H,6,17-18,22H2,(H,39,40)/b37-21-. The molecule has 0 fully saturated rings. The Kier molecular flexibility index (Phi) is 8.57. The number of aromatic nitrogens is 1. The summed E-state index contributed by atoms with van der Waals surface area (Å²) in [7, 11) is 0. The zero-order valence-corrected chi connectivity index (χ0v) is 22.4. The molecule has 0 bridgehead atoms. The van der Waals surface area contributed by atoms with Gasteiger partial charge in [-0.05, 0) is 53.6 Å². The largest absolute Gasteiger partial charge is 0.493 e. The quantitative estimate of drug-likeness (QED) is 0.0992. The molecule has 1 heterocycles. The van der Waals surface area contributed by atoms with E-state index >= 15 is 0 Å². The lowest BCUT2D eigenvalue weighted by atomic mass is 10.0. The van der Waals surface area contributed by atoms with Crippen LogP contribution in [0.3, 0.4) is 0 Å². The summed E-state index contributed by atoms with van der Waals surface area (Å²) in [4.78, 5) is 17.0. The molecule has 5 rings (SSSR count). The number of oxime groups is 1. The number of hydrogen-bond donors (Lipinski definition) is 1. The minimum atomic E-state index is -4.47. The number of carboxylic acids is 1. The molecule has 0 atom stereocenters. The first-order valence-electron chi connectivity index (χ1n) is 13.2. The Morgan fingerprint density at radius 3 is 2.36 bits per heavy atom. The molecular weight excluding hydrogens is 545 g/mol. The second-order valence-electron chi connectivity index (χ2n) is 9.56. The molecule has 0 radical (unpaired) electrons. The third-order valence-electron chi connectivity index (χ3n) is 6.67. The second kappa shape index (κ2) is 12.6. The average Bonchev–Trinajstić information content (AvgIpc) is 3.33. The van der Waals surface area contributed by atoms with Crippen LogP contribution in [0.15, 0.2) is 108 Å². The highest BCUT2D eigenvalue weighted by Gasteiger charge is 2.30. The van der Waals surface area contributed by atoms with Gasteiger partial charge in [-0.3, -0.25) is 0 Å². The monoisotopic (exact) mass is 572 g/mol. The summed E-state index contributed by atoms with van der Waals surface area (Å²) >= 11 is 0. The Morgan fingerprint density at radius 2 is 1.62 bits per heavy atom.